The molecule has 20 heavy (non-hydrogen) atoms. The third-order valence-electron chi connectivity index (χ3n) is 2.21. The van der Waals surface area contributed by atoms with Gasteiger partial charge in [0.15, 0.2) is 0 Å². The monoisotopic (exact) mass is 372 g/mol. The van der Waals surface area contributed by atoms with Crippen LogP contribution in [-0.2, 0) is 4.79 Å². The predicted octanol–water partition coefficient (Wildman–Crippen LogP) is 4.10. The lowest BCUT2D eigenvalue weighted by Gasteiger charge is -2.15. The van der Waals surface area contributed by atoms with Gasteiger partial charge < -0.3 is 5.32 Å². The molecule has 2 aromatic rings. The highest BCUT2D eigenvalue weighted by Gasteiger charge is 2.22. The molecule has 5 nitrogen and oxygen atoms in total. The van der Waals surface area contributed by atoms with Crippen molar-refractivity contribution in [3.8, 4) is 0 Å². The Hall–Kier alpha value is -1.12. The van der Waals surface area contributed by atoms with Gasteiger partial charge in [0, 0.05) is 16.5 Å². The molecule has 0 aliphatic carbocycles. The smallest absolute Gasteiger partial charge is 0.233 e. The molecular weight excluding hydrogens is 360 g/mol. The molecule has 0 fully saturated rings. The average Bonchev–Trinajstić information content (AvgIpc) is 2.94. The molecule has 106 valence electrons. The van der Waals surface area contributed by atoms with E-state index in [4.69, 9.17) is 0 Å². The highest BCUT2D eigenvalue weighted by Crippen LogP contribution is 2.26. The Kier molecular flexibility index (Phi) is 4.66. The number of thiophene rings is 1. The van der Waals surface area contributed by atoms with Crippen LogP contribution in [0.1, 0.15) is 25.6 Å². The minimum absolute atomic E-state index is 0.0913. The second kappa shape index (κ2) is 6.11. The number of aliphatic imine (C=N–C) groups is 1. The van der Waals surface area contributed by atoms with Crippen LogP contribution in [0.25, 0.3) is 0 Å². The van der Waals surface area contributed by atoms with Crippen LogP contribution >= 0.6 is 38.6 Å². The molecule has 0 saturated heterocycles. The van der Waals surface area contributed by atoms with Crippen molar-refractivity contribution in [1.82, 2.24) is 10.2 Å². The zero-order chi connectivity index (χ0) is 14.8. The van der Waals surface area contributed by atoms with E-state index >= 15 is 0 Å². The first-order valence-corrected chi connectivity index (χ1v) is 8.21. The standard InChI is InChI=1S/C12H13BrN4OS2/c1-12(2,3)9(18)15-11-17-16-10(20-11)14-6-7-4-5-8(13)19-7/h4-6H,1-3H3,(H,15,17,18)/b14-6+. The van der Waals surface area contributed by atoms with Gasteiger partial charge in [-0.05, 0) is 28.1 Å². The summed E-state index contributed by atoms with van der Waals surface area (Å²) < 4.78 is 1.05. The highest BCUT2D eigenvalue weighted by molar-refractivity contribution is 9.11. The number of hydrogen-bond donors (Lipinski definition) is 1. The molecule has 0 saturated carbocycles. The maximum Gasteiger partial charge on any atom is 0.233 e. The van der Waals surface area contributed by atoms with Gasteiger partial charge in [-0.1, -0.05) is 32.1 Å². The molecule has 0 aromatic carbocycles. The summed E-state index contributed by atoms with van der Waals surface area (Å²) in [6.07, 6.45) is 1.73. The molecule has 0 aliphatic heterocycles. The SMILES string of the molecule is CC(C)(C)C(=O)Nc1nnc(/N=C/c2ccc(Br)s2)s1. The Morgan fingerprint density at radius 2 is 2.10 bits per heavy atom. The topological polar surface area (TPSA) is 67.2 Å². The fourth-order valence-electron chi connectivity index (χ4n) is 1.12. The van der Waals surface area contributed by atoms with E-state index in [0.717, 1.165) is 8.66 Å². The number of rotatable bonds is 3. The normalized spacial score (nSPS) is 12.0. The van der Waals surface area contributed by atoms with E-state index in [1.165, 1.54) is 11.3 Å². The Morgan fingerprint density at radius 1 is 1.35 bits per heavy atom. The largest absolute Gasteiger partial charge is 0.300 e. The summed E-state index contributed by atoms with van der Waals surface area (Å²) in [5.74, 6) is -0.0913. The van der Waals surface area contributed by atoms with E-state index in [-0.39, 0.29) is 5.91 Å². The fraction of sp³-hybridized carbons (Fsp3) is 0.333. The van der Waals surface area contributed by atoms with E-state index in [9.17, 15) is 4.79 Å². The first kappa shape index (κ1) is 15.3. The van der Waals surface area contributed by atoms with Gasteiger partial charge in [0.1, 0.15) is 0 Å². The lowest BCUT2D eigenvalue weighted by molar-refractivity contribution is -0.123. The number of amides is 1. The first-order valence-electron chi connectivity index (χ1n) is 5.79. The lowest BCUT2D eigenvalue weighted by Crippen LogP contribution is -2.27. The number of carbonyl (C=O) groups excluding carboxylic acids is 1. The van der Waals surface area contributed by atoms with Crippen molar-refractivity contribution >= 4 is 61.0 Å². The van der Waals surface area contributed by atoms with Crippen LogP contribution in [0.5, 0.6) is 0 Å². The van der Waals surface area contributed by atoms with Crippen LogP contribution in [0.3, 0.4) is 0 Å². The Balaban J connectivity index is 2.02. The molecule has 0 aliphatic rings. The Morgan fingerprint density at radius 3 is 2.70 bits per heavy atom. The molecule has 0 bridgehead atoms. The maximum atomic E-state index is 11.8. The Labute approximate surface area is 133 Å². The minimum atomic E-state index is -0.460. The molecule has 1 N–H and O–H groups in total. The van der Waals surface area contributed by atoms with Crippen molar-refractivity contribution in [2.45, 2.75) is 20.8 Å². The highest BCUT2D eigenvalue weighted by atomic mass is 79.9. The van der Waals surface area contributed by atoms with E-state index < -0.39 is 5.41 Å². The number of anilines is 1. The van der Waals surface area contributed by atoms with Crippen LogP contribution in [-0.4, -0.2) is 22.3 Å². The molecule has 0 atom stereocenters. The maximum absolute atomic E-state index is 11.8. The van der Waals surface area contributed by atoms with Gasteiger partial charge in [0.2, 0.25) is 16.2 Å². The van der Waals surface area contributed by atoms with Gasteiger partial charge in [-0.15, -0.1) is 21.5 Å². The number of nitrogens with zero attached hydrogens (tertiary/aromatic N) is 3. The third-order valence-corrected chi connectivity index (χ3v) is 4.52. The molecule has 8 heteroatoms. The molecule has 2 rings (SSSR count). The van der Waals surface area contributed by atoms with Gasteiger partial charge in [0.25, 0.3) is 0 Å². The molecule has 0 spiro atoms. The number of carbonyl (C=O) groups is 1. The summed E-state index contributed by atoms with van der Waals surface area (Å²) in [7, 11) is 0. The Bertz CT molecular complexity index is 642. The molecule has 0 radical (unpaired) electrons. The van der Waals surface area contributed by atoms with E-state index in [1.807, 2.05) is 32.9 Å². The van der Waals surface area contributed by atoms with Gasteiger partial charge in [0.05, 0.1) is 3.79 Å². The van der Waals surface area contributed by atoms with Crippen molar-refractivity contribution in [2.24, 2.45) is 10.4 Å². The first-order chi connectivity index (χ1) is 9.34. The van der Waals surface area contributed by atoms with Crippen LogP contribution < -0.4 is 5.32 Å². The lowest BCUT2D eigenvalue weighted by atomic mass is 9.96. The van der Waals surface area contributed by atoms with Crippen LogP contribution in [0, 0.1) is 5.41 Å². The molecule has 0 unspecified atom stereocenters. The summed E-state index contributed by atoms with van der Waals surface area (Å²) in [5.41, 5.74) is -0.460. The summed E-state index contributed by atoms with van der Waals surface area (Å²) >= 11 is 6.22. The summed E-state index contributed by atoms with van der Waals surface area (Å²) in [4.78, 5) is 17.1. The third kappa shape index (κ3) is 4.19. The zero-order valence-electron chi connectivity index (χ0n) is 11.2. The van der Waals surface area contributed by atoms with E-state index in [2.05, 4.69) is 36.4 Å². The quantitative estimate of drug-likeness (QED) is 0.824. The summed E-state index contributed by atoms with van der Waals surface area (Å²) in [5, 5.41) is 11.5. The predicted molar refractivity (Wildman–Crippen MR) is 87.3 cm³/mol. The van der Waals surface area contributed by atoms with Crippen LogP contribution in [0.4, 0.5) is 10.3 Å². The minimum Gasteiger partial charge on any atom is -0.300 e. The summed E-state index contributed by atoms with van der Waals surface area (Å²) in [6.45, 7) is 5.53. The molecular formula is C12H13BrN4OS2. The summed E-state index contributed by atoms with van der Waals surface area (Å²) in [6, 6.07) is 3.92. The molecule has 2 heterocycles. The van der Waals surface area contributed by atoms with E-state index in [1.54, 1.807) is 17.6 Å². The zero-order valence-corrected chi connectivity index (χ0v) is 14.4. The molecule has 1 amide bonds. The van der Waals surface area contributed by atoms with E-state index in [0.29, 0.717) is 10.3 Å². The van der Waals surface area contributed by atoms with Gasteiger partial charge in [-0.2, -0.15) is 0 Å². The number of aromatic nitrogens is 2. The van der Waals surface area contributed by atoms with Crippen molar-refractivity contribution in [2.75, 3.05) is 5.32 Å². The molecule has 2 aromatic heterocycles. The van der Waals surface area contributed by atoms with Crippen molar-refractivity contribution in [1.29, 1.82) is 0 Å². The van der Waals surface area contributed by atoms with Crippen LogP contribution in [0.15, 0.2) is 20.9 Å². The second-order valence-corrected chi connectivity index (χ2v) is 8.44. The number of halogens is 1. The van der Waals surface area contributed by atoms with Crippen molar-refractivity contribution < 1.29 is 4.79 Å². The van der Waals surface area contributed by atoms with Crippen molar-refractivity contribution in [3.63, 3.8) is 0 Å². The van der Waals surface area contributed by atoms with Gasteiger partial charge >= 0.3 is 0 Å². The average molecular weight is 373 g/mol. The number of nitrogens with one attached hydrogen (secondary N) is 1. The van der Waals surface area contributed by atoms with Crippen LogP contribution in [0.2, 0.25) is 0 Å². The van der Waals surface area contributed by atoms with Crippen molar-refractivity contribution in [3.05, 3.63) is 20.8 Å². The van der Waals surface area contributed by atoms with Gasteiger partial charge in [-0.3, -0.25) is 4.79 Å². The second-order valence-electron chi connectivity index (χ2n) is 4.99. The number of hydrogen-bond acceptors (Lipinski definition) is 6. The van der Waals surface area contributed by atoms with Gasteiger partial charge in [-0.25, -0.2) is 4.99 Å². The fourth-order valence-corrected chi connectivity index (χ4v) is 3.00.